The highest BCUT2D eigenvalue weighted by Crippen LogP contribution is 2.26. The van der Waals surface area contributed by atoms with Crippen molar-refractivity contribution in [2.24, 2.45) is 0 Å². The van der Waals surface area contributed by atoms with E-state index in [9.17, 15) is 14.7 Å². The fourth-order valence-electron chi connectivity index (χ4n) is 2.07. The van der Waals surface area contributed by atoms with Gasteiger partial charge in [0.15, 0.2) is 11.7 Å². The molecule has 2 rings (SSSR count). The molecule has 2 aromatic rings. The molecule has 7 nitrogen and oxygen atoms in total. The Balaban J connectivity index is 1.78. The number of carbonyl (C=O) groups excluding carboxylic acids is 2. The van der Waals surface area contributed by atoms with E-state index in [1.54, 1.807) is 18.2 Å². The highest BCUT2D eigenvalue weighted by molar-refractivity contribution is 9.10. The van der Waals surface area contributed by atoms with Gasteiger partial charge in [-0.2, -0.15) is 0 Å². The number of carbonyl (C=O) groups is 2. The highest BCUT2D eigenvalue weighted by atomic mass is 79.9. The van der Waals surface area contributed by atoms with Crippen LogP contribution in [0.3, 0.4) is 0 Å². The summed E-state index contributed by atoms with van der Waals surface area (Å²) in [6.45, 7) is 1.79. The van der Waals surface area contributed by atoms with E-state index in [1.807, 2.05) is 19.1 Å². The zero-order chi connectivity index (χ0) is 19.8. The largest absolute Gasteiger partial charge is 0.507 e. The summed E-state index contributed by atoms with van der Waals surface area (Å²) < 4.78 is 6.20. The lowest BCUT2D eigenvalue weighted by atomic mass is 10.2. The number of thiocarbonyl (C=S) groups is 1. The Bertz CT molecular complexity index is 860. The zero-order valence-electron chi connectivity index (χ0n) is 14.4. The van der Waals surface area contributed by atoms with Crippen LogP contribution in [0.2, 0.25) is 0 Å². The predicted octanol–water partition coefficient (Wildman–Crippen LogP) is 2.43. The topological polar surface area (TPSA) is 99.7 Å². The molecule has 0 radical (unpaired) electrons. The Morgan fingerprint density at radius 2 is 1.93 bits per heavy atom. The number of halogens is 1. The van der Waals surface area contributed by atoms with Crippen molar-refractivity contribution in [1.29, 1.82) is 0 Å². The second kappa shape index (κ2) is 9.89. The third-order valence-electron chi connectivity index (χ3n) is 3.45. The summed E-state index contributed by atoms with van der Waals surface area (Å²) in [4.78, 5) is 23.8. The number of benzene rings is 2. The van der Waals surface area contributed by atoms with E-state index in [2.05, 4.69) is 32.1 Å². The number of nitrogens with one attached hydrogen (secondary N) is 3. The summed E-state index contributed by atoms with van der Waals surface area (Å²) in [5.74, 6) is -0.717. The normalized spacial score (nSPS) is 10.0. The monoisotopic (exact) mass is 451 g/mol. The molecule has 2 amide bonds. The molecule has 0 aromatic heterocycles. The van der Waals surface area contributed by atoms with Gasteiger partial charge >= 0.3 is 0 Å². The van der Waals surface area contributed by atoms with E-state index in [0.29, 0.717) is 5.75 Å². The van der Waals surface area contributed by atoms with Crippen molar-refractivity contribution in [2.75, 3.05) is 6.61 Å². The number of amides is 2. The molecule has 142 valence electrons. The van der Waals surface area contributed by atoms with E-state index >= 15 is 0 Å². The molecule has 0 fully saturated rings. The van der Waals surface area contributed by atoms with Crippen LogP contribution in [0.4, 0.5) is 0 Å². The molecular formula is C18H18BrN3O4S. The smallest absolute Gasteiger partial charge is 0.273 e. The fraction of sp³-hybridized carbons (Fsp3) is 0.167. The molecule has 0 spiro atoms. The van der Waals surface area contributed by atoms with Gasteiger partial charge in [-0.15, -0.1) is 0 Å². The molecule has 0 saturated heterocycles. The SMILES string of the molecule is CCc1ccc(OCC(=O)NC(=S)NNC(=O)c2ccccc2O)c(Br)c1. The van der Waals surface area contributed by atoms with E-state index in [4.69, 9.17) is 17.0 Å². The number of phenols is 1. The van der Waals surface area contributed by atoms with Gasteiger partial charge < -0.3 is 9.84 Å². The molecule has 0 saturated carbocycles. The van der Waals surface area contributed by atoms with Crippen molar-refractivity contribution in [1.82, 2.24) is 16.2 Å². The van der Waals surface area contributed by atoms with Crippen LogP contribution in [-0.4, -0.2) is 28.6 Å². The van der Waals surface area contributed by atoms with Gasteiger partial charge in [-0.1, -0.05) is 25.1 Å². The van der Waals surface area contributed by atoms with Crippen LogP contribution in [0, 0.1) is 0 Å². The van der Waals surface area contributed by atoms with Crippen molar-refractivity contribution in [3.05, 3.63) is 58.1 Å². The average Bonchev–Trinajstić information content (AvgIpc) is 2.65. The Morgan fingerprint density at radius 3 is 2.59 bits per heavy atom. The number of hydrazine groups is 1. The number of phenolic OH excluding ortho intramolecular Hbond substituents is 1. The van der Waals surface area contributed by atoms with Crippen LogP contribution in [0.1, 0.15) is 22.8 Å². The van der Waals surface area contributed by atoms with Gasteiger partial charge in [-0.3, -0.25) is 25.8 Å². The molecule has 2 aromatic carbocycles. The summed E-state index contributed by atoms with van der Waals surface area (Å²) in [5.41, 5.74) is 5.89. The first-order chi connectivity index (χ1) is 12.9. The summed E-state index contributed by atoms with van der Waals surface area (Å²) in [7, 11) is 0. The van der Waals surface area contributed by atoms with Crippen LogP contribution in [0.5, 0.6) is 11.5 Å². The maximum atomic E-state index is 11.9. The van der Waals surface area contributed by atoms with E-state index in [0.717, 1.165) is 16.5 Å². The first-order valence-corrected chi connectivity index (χ1v) is 9.20. The Morgan fingerprint density at radius 1 is 1.19 bits per heavy atom. The predicted molar refractivity (Wildman–Crippen MR) is 108 cm³/mol. The zero-order valence-corrected chi connectivity index (χ0v) is 16.8. The van der Waals surface area contributed by atoms with Crippen LogP contribution >= 0.6 is 28.1 Å². The third kappa shape index (κ3) is 6.22. The lowest BCUT2D eigenvalue weighted by molar-refractivity contribution is -0.121. The lowest BCUT2D eigenvalue weighted by Crippen LogP contribution is -2.49. The van der Waals surface area contributed by atoms with Crippen molar-refractivity contribution >= 4 is 45.1 Å². The number of ether oxygens (including phenoxy) is 1. The standard InChI is InChI=1S/C18H18BrN3O4S/c1-2-11-7-8-15(13(19)9-11)26-10-16(24)20-18(27)22-21-17(25)12-5-3-4-6-14(12)23/h3-9,23H,2,10H2,1H3,(H,21,25)(H2,20,22,24,27). The van der Waals surface area contributed by atoms with Gasteiger partial charge in [0, 0.05) is 0 Å². The molecule has 4 N–H and O–H groups in total. The van der Waals surface area contributed by atoms with Crippen molar-refractivity contribution in [3.63, 3.8) is 0 Å². The first-order valence-electron chi connectivity index (χ1n) is 8.00. The van der Waals surface area contributed by atoms with Gasteiger partial charge in [0.25, 0.3) is 11.8 Å². The number of hydrogen-bond donors (Lipinski definition) is 4. The van der Waals surface area contributed by atoms with Gasteiger partial charge in [0.2, 0.25) is 0 Å². The molecule has 0 unspecified atom stereocenters. The van der Waals surface area contributed by atoms with Gasteiger partial charge in [0.1, 0.15) is 11.5 Å². The molecule has 0 aliphatic heterocycles. The van der Waals surface area contributed by atoms with Crippen molar-refractivity contribution < 1.29 is 19.4 Å². The van der Waals surface area contributed by atoms with Crippen molar-refractivity contribution in [2.45, 2.75) is 13.3 Å². The maximum absolute atomic E-state index is 11.9. The number of aromatic hydroxyl groups is 1. The minimum atomic E-state index is -0.596. The van der Waals surface area contributed by atoms with Crippen LogP contribution in [-0.2, 0) is 11.2 Å². The number of para-hydroxylation sites is 1. The van der Waals surface area contributed by atoms with E-state index in [-0.39, 0.29) is 23.0 Å². The fourth-order valence-corrected chi connectivity index (χ4v) is 2.77. The van der Waals surface area contributed by atoms with Gasteiger partial charge in [-0.05, 0) is 64.4 Å². The molecule has 0 aliphatic carbocycles. The van der Waals surface area contributed by atoms with Crippen LogP contribution < -0.4 is 20.9 Å². The third-order valence-corrected chi connectivity index (χ3v) is 4.28. The highest BCUT2D eigenvalue weighted by Gasteiger charge is 2.12. The minimum Gasteiger partial charge on any atom is -0.507 e. The van der Waals surface area contributed by atoms with E-state index < -0.39 is 11.8 Å². The Labute approximate surface area is 170 Å². The second-order valence-electron chi connectivity index (χ2n) is 5.38. The second-order valence-corrected chi connectivity index (χ2v) is 6.64. The maximum Gasteiger partial charge on any atom is 0.273 e. The molecule has 0 aliphatic rings. The van der Waals surface area contributed by atoms with Crippen LogP contribution in [0.25, 0.3) is 0 Å². The van der Waals surface area contributed by atoms with Crippen LogP contribution in [0.15, 0.2) is 46.9 Å². The molecule has 0 atom stereocenters. The first kappa shape index (κ1) is 20.7. The van der Waals surface area contributed by atoms with Crippen molar-refractivity contribution in [3.8, 4) is 11.5 Å². The lowest BCUT2D eigenvalue weighted by Gasteiger charge is -2.12. The molecule has 0 bridgehead atoms. The Hall–Kier alpha value is -2.65. The summed E-state index contributed by atoms with van der Waals surface area (Å²) in [6.07, 6.45) is 0.895. The summed E-state index contributed by atoms with van der Waals surface area (Å²) in [6, 6.07) is 11.7. The molecular weight excluding hydrogens is 434 g/mol. The summed E-state index contributed by atoms with van der Waals surface area (Å²) >= 11 is 8.33. The molecule has 0 heterocycles. The number of hydrogen-bond acceptors (Lipinski definition) is 5. The Kier molecular flexibility index (Phi) is 7.56. The summed E-state index contributed by atoms with van der Waals surface area (Å²) in [5, 5.41) is 11.9. The molecule has 9 heteroatoms. The molecule has 27 heavy (non-hydrogen) atoms. The van der Waals surface area contributed by atoms with Gasteiger partial charge in [-0.25, -0.2) is 0 Å². The number of rotatable bonds is 5. The average molecular weight is 452 g/mol. The quantitative estimate of drug-likeness (QED) is 0.411. The minimum absolute atomic E-state index is 0.0721. The number of aryl methyl sites for hydroxylation is 1. The van der Waals surface area contributed by atoms with Gasteiger partial charge in [0.05, 0.1) is 10.0 Å². The van der Waals surface area contributed by atoms with E-state index in [1.165, 1.54) is 12.1 Å².